The average Bonchev–Trinajstić information content (AvgIpc) is 3.15. The van der Waals surface area contributed by atoms with Crippen molar-refractivity contribution in [3.8, 4) is 11.5 Å². The van der Waals surface area contributed by atoms with Crippen LogP contribution in [0.3, 0.4) is 0 Å². The molecule has 1 aromatic carbocycles. The molecule has 4 N–H and O–H groups in total. The predicted octanol–water partition coefficient (Wildman–Crippen LogP) is 3.85. The van der Waals surface area contributed by atoms with Crippen molar-refractivity contribution in [2.24, 2.45) is 5.92 Å². The highest BCUT2D eigenvalue weighted by molar-refractivity contribution is 5.97. The van der Waals surface area contributed by atoms with Gasteiger partial charge in [0.05, 0.1) is 0 Å². The lowest BCUT2D eigenvalue weighted by molar-refractivity contribution is -0.121. The Kier molecular flexibility index (Phi) is 6.53. The maximum atomic E-state index is 13.1. The van der Waals surface area contributed by atoms with E-state index in [1.807, 2.05) is 40.7 Å². The molecular formula is C26H33N3O6. The van der Waals surface area contributed by atoms with Crippen molar-refractivity contribution in [2.45, 2.75) is 78.7 Å². The zero-order valence-corrected chi connectivity index (χ0v) is 20.8. The van der Waals surface area contributed by atoms with Crippen molar-refractivity contribution in [3.63, 3.8) is 0 Å². The number of ether oxygens (including phenoxy) is 2. The molecule has 4 rings (SSSR count). The summed E-state index contributed by atoms with van der Waals surface area (Å²) in [6, 6.07) is 3.61. The lowest BCUT2D eigenvalue weighted by atomic mass is 9.81. The maximum absolute atomic E-state index is 13.1. The molecule has 2 heterocycles. The second kappa shape index (κ2) is 9.28. The molecule has 35 heavy (non-hydrogen) atoms. The Morgan fingerprint density at radius 2 is 1.71 bits per heavy atom. The van der Waals surface area contributed by atoms with E-state index in [2.05, 4.69) is 15.6 Å². The van der Waals surface area contributed by atoms with Crippen LogP contribution in [0.5, 0.6) is 11.5 Å². The third-order valence-electron chi connectivity index (χ3n) is 7.24. The molecule has 2 aromatic rings. The Morgan fingerprint density at radius 3 is 2.34 bits per heavy atom. The minimum atomic E-state index is -1.00. The Balaban J connectivity index is 1.49. The van der Waals surface area contributed by atoms with Gasteiger partial charge in [0.15, 0.2) is 11.5 Å². The van der Waals surface area contributed by atoms with E-state index in [0.29, 0.717) is 28.2 Å². The summed E-state index contributed by atoms with van der Waals surface area (Å²) in [5.41, 5.74) is 3.89. The fourth-order valence-electron chi connectivity index (χ4n) is 5.24. The molecule has 1 fully saturated rings. The molecule has 0 bridgehead atoms. The number of hydrogen-bond acceptors (Lipinski definition) is 5. The van der Waals surface area contributed by atoms with E-state index in [0.717, 1.165) is 42.5 Å². The number of H-pyrrole nitrogens is 1. The molecule has 1 unspecified atom stereocenters. The van der Waals surface area contributed by atoms with Crippen LogP contribution >= 0.6 is 0 Å². The number of rotatable bonds is 5. The fraction of sp³-hybridized carbons (Fsp3) is 0.500. The number of hydrogen-bond donors (Lipinski definition) is 4. The van der Waals surface area contributed by atoms with Crippen LogP contribution in [0.15, 0.2) is 16.9 Å². The summed E-state index contributed by atoms with van der Waals surface area (Å²) in [5, 5.41) is 14.4. The number of benzene rings is 1. The number of aromatic amines is 1. The molecule has 1 aromatic heterocycles. The van der Waals surface area contributed by atoms with Crippen LogP contribution in [-0.4, -0.2) is 33.9 Å². The van der Waals surface area contributed by atoms with Crippen molar-refractivity contribution in [3.05, 3.63) is 56.0 Å². The summed E-state index contributed by atoms with van der Waals surface area (Å²) in [4.78, 5) is 39.1. The number of fused-ring (bicyclic) bond motifs is 1. The molecule has 1 saturated carbocycles. The second-order valence-corrected chi connectivity index (χ2v) is 9.87. The van der Waals surface area contributed by atoms with Gasteiger partial charge in [-0.3, -0.25) is 9.59 Å². The van der Waals surface area contributed by atoms with Gasteiger partial charge in [0, 0.05) is 47.8 Å². The maximum Gasteiger partial charge on any atom is 0.404 e. The minimum absolute atomic E-state index is 0.0562. The quantitative estimate of drug-likeness (QED) is 0.511. The van der Waals surface area contributed by atoms with Crippen molar-refractivity contribution < 1.29 is 24.2 Å². The summed E-state index contributed by atoms with van der Waals surface area (Å²) in [6.45, 7) is 9.42. The number of aryl methyl sites for hydroxylation is 3. The summed E-state index contributed by atoms with van der Waals surface area (Å²) >= 11 is 0. The fourth-order valence-corrected chi connectivity index (χ4v) is 5.24. The van der Waals surface area contributed by atoms with Gasteiger partial charge in [0.25, 0.3) is 17.3 Å². The standard InChI is InChI=1S/C26H33N3O6/c1-13-10-15(3)28-24(31)20(13)12-27-23(30)19-11-14(2)21-22(16(19)4)35-26(5,34-21)17-6-8-18(9-7-17)29-25(32)33/h10-11,17-18,29H,6-9,12H2,1-5H3,(H,27,30)(H,28,31)(H,32,33)/t17-,18-,26?. The van der Waals surface area contributed by atoms with Gasteiger partial charge in [-0.15, -0.1) is 0 Å². The van der Waals surface area contributed by atoms with Crippen molar-refractivity contribution in [1.29, 1.82) is 0 Å². The molecule has 0 saturated heterocycles. The summed E-state index contributed by atoms with van der Waals surface area (Å²) < 4.78 is 12.7. The summed E-state index contributed by atoms with van der Waals surface area (Å²) in [7, 11) is 0. The van der Waals surface area contributed by atoms with Crippen molar-refractivity contribution in [2.75, 3.05) is 0 Å². The van der Waals surface area contributed by atoms with Crippen LogP contribution in [0.2, 0.25) is 0 Å². The lowest BCUT2D eigenvalue weighted by Crippen LogP contribution is -2.47. The number of pyridine rings is 1. The zero-order chi connectivity index (χ0) is 25.5. The Bertz CT molecular complexity index is 1230. The van der Waals surface area contributed by atoms with Crippen LogP contribution < -0.4 is 25.7 Å². The van der Waals surface area contributed by atoms with Gasteiger partial charge in [-0.25, -0.2) is 4.79 Å². The summed E-state index contributed by atoms with van der Waals surface area (Å²) in [5.74, 6) is 0.123. The number of carbonyl (C=O) groups excluding carboxylic acids is 1. The molecule has 2 amide bonds. The van der Waals surface area contributed by atoms with E-state index in [1.165, 1.54) is 0 Å². The number of amides is 2. The van der Waals surface area contributed by atoms with Crippen LogP contribution in [0.1, 0.15) is 70.9 Å². The van der Waals surface area contributed by atoms with E-state index < -0.39 is 11.9 Å². The topological polar surface area (TPSA) is 130 Å². The average molecular weight is 484 g/mol. The highest BCUT2D eigenvalue weighted by Gasteiger charge is 2.47. The molecule has 0 spiro atoms. The monoisotopic (exact) mass is 483 g/mol. The summed E-state index contributed by atoms with van der Waals surface area (Å²) in [6.07, 6.45) is 1.98. The smallest absolute Gasteiger partial charge is 0.404 e. The van der Waals surface area contributed by atoms with E-state index in [4.69, 9.17) is 14.6 Å². The lowest BCUT2D eigenvalue weighted by Gasteiger charge is -2.37. The van der Waals surface area contributed by atoms with Crippen LogP contribution in [0, 0.1) is 33.6 Å². The first-order valence-electron chi connectivity index (χ1n) is 12.0. The largest absolute Gasteiger partial charge is 0.465 e. The van der Waals surface area contributed by atoms with E-state index in [1.54, 1.807) is 6.07 Å². The highest BCUT2D eigenvalue weighted by Crippen LogP contribution is 2.50. The van der Waals surface area contributed by atoms with Gasteiger partial charge < -0.3 is 30.2 Å². The second-order valence-electron chi connectivity index (χ2n) is 9.87. The Labute approximate surface area is 204 Å². The Hall–Kier alpha value is -3.49. The van der Waals surface area contributed by atoms with Gasteiger partial charge in [-0.2, -0.15) is 0 Å². The molecule has 2 aliphatic rings. The van der Waals surface area contributed by atoms with E-state index in [-0.39, 0.29) is 30.0 Å². The van der Waals surface area contributed by atoms with E-state index in [9.17, 15) is 14.4 Å². The SMILES string of the molecule is Cc1cc(C)c(CNC(=O)c2cc(C)c3c(c2C)OC(C)([C@H]2CC[C@H](NC(=O)O)CC2)O3)c(=O)[nH]1. The third-order valence-corrected chi connectivity index (χ3v) is 7.24. The number of nitrogens with one attached hydrogen (secondary N) is 3. The first-order valence-corrected chi connectivity index (χ1v) is 12.0. The van der Waals surface area contributed by atoms with Gasteiger partial charge in [-0.1, -0.05) is 0 Å². The van der Waals surface area contributed by atoms with Crippen LogP contribution in [0.4, 0.5) is 4.79 Å². The van der Waals surface area contributed by atoms with Gasteiger partial charge >= 0.3 is 6.09 Å². The van der Waals surface area contributed by atoms with Crippen molar-refractivity contribution in [1.82, 2.24) is 15.6 Å². The van der Waals surface area contributed by atoms with Crippen LogP contribution in [0.25, 0.3) is 0 Å². The first kappa shape index (κ1) is 24.6. The zero-order valence-electron chi connectivity index (χ0n) is 20.8. The highest BCUT2D eigenvalue weighted by atomic mass is 16.7. The predicted molar refractivity (Wildman–Crippen MR) is 130 cm³/mol. The number of aromatic nitrogens is 1. The van der Waals surface area contributed by atoms with Crippen LogP contribution in [-0.2, 0) is 6.54 Å². The van der Waals surface area contributed by atoms with Gasteiger partial charge in [0.1, 0.15) is 0 Å². The molecule has 9 heteroatoms. The van der Waals surface area contributed by atoms with Crippen molar-refractivity contribution >= 4 is 12.0 Å². The molecule has 0 radical (unpaired) electrons. The molecular weight excluding hydrogens is 450 g/mol. The number of carboxylic acid groups (broad SMARTS) is 1. The molecule has 188 valence electrons. The molecule has 1 aliphatic heterocycles. The van der Waals surface area contributed by atoms with Gasteiger partial charge in [-0.05, 0) is 76.6 Å². The molecule has 1 atom stereocenters. The Morgan fingerprint density at radius 1 is 1.06 bits per heavy atom. The van der Waals surface area contributed by atoms with E-state index >= 15 is 0 Å². The van der Waals surface area contributed by atoms with Gasteiger partial charge in [0.2, 0.25) is 0 Å². The third kappa shape index (κ3) is 4.85. The normalized spacial score (nSPS) is 23.1. The minimum Gasteiger partial charge on any atom is -0.465 e. The first-order chi connectivity index (χ1) is 16.5. The number of carbonyl (C=O) groups is 2. The molecule has 1 aliphatic carbocycles. The molecule has 9 nitrogen and oxygen atoms in total.